The zero-order valence-corrected chi connectivity index (χ0v) is 15.0. The van der Waals surface area contributed by atoms with Crippen LogP contribution in [0.3, 0.4) is 0 Å². The fourth-order valence-corrected chi connectivity index (χ4v) is 2.67. The fraction of sp³-hybridized carbons (Fsp3) is 0.600. The number of carbonyl (C=O) groups is 2. The molecular formula is C15H20N6O7. The summed E-state index contributed by atoms with van der Waals surface area (Å²) in [7, 11) is 0. The van der Waals surface area contributed by atoms with Crippen molar-refractivity contribution < 1.29 is 24.2 Å². The van der Waals surface area contributed by atoms with Crippen molar-refractivity contribution in [2.45, 2.75) is 50.6 Å². The number of carboxylic acid groups (broad SMARTS) is 1. The first kappa shape index (κ1) is 21.2. The van der Waals surface area contributed by atoms with E-state index in [1.165, 1.54) is 17.7 Å². The van der Waals surface area contributed by atoms with Gasteiger partial charge in [-0.1, -0.05) is 5.11 Å². The molecule has 4 atom stereocenters. The average molecular weight is 396 g/mol. The summed E-state index contributed by atoms with van der Waals surface area (Å²) >= 11 is 0. The molecule has 0 spiro atoms. The third-order valence-corrected chi connectivity index (χ3v) is 4.25. The first-order chi connectivity index (χ1) is 13.2. The number of nitrogens with zero attached hydrogens (tertiary/aromatic N) is 4. The van der Waals surface area contributed by atoms with Crippen molar-refractivity contribution in [2.24, 2.45) is 10.8 Å². The summed E-state index contributed by atoms with van der Waals surface area (Å²) in [5.74, 6) is -1.90. The van der Waals surface area contributed by atoms with E-state index < -0.39 is 47.6 Å². The van der Waals surface area contributed by atoms with E-state index in [2.05, 4.69) is 15.0 Å². The van der Waals surface area contributed by atoms with Gasteiger partial charge in [-0.15, -0.1) is 0 Å². The van der Waals surface area contributed by atoms with Crippen LogP contribution in [0.5, 0.6) is 0 Å². The Hall–Kier alpha value is -3.15. The van der Waals surface area contributed by atoms with E-state index in [1.54, 1.807) is 0 Å². The minimum atomic E-state index is -1.22. The number of hydrogen-bond donors (Lipinski definition) is 3. The van der Waals surface area contributed by atoms with Crippen LogP contribution in [0.4, 0.5) is 0 Å². The van der Waals surface area contributed by atoms with E-state index in [4.69, 9.17) is 25.8 Å². The van der Waals surface area contributed by atoms with Crippen LogP contribution in [0.2, 0.25) is 0 Å². The molecule has 13 nitrogen and oxygen atoms in total. The predicted molar refractivity (Wildman–Crippen MR) is 93.3 cm³/mol. The molecule has 1 aliphatic heterocycles. The molecule has 28 heavy (non-hydrogen) atoms. The highest BCUT2D eigenvalue weighted by Gasteiger charge is 2.37. The third-order valence-electron chi connectivity index (χ3n) is 4.25. The summed E-state index contributed by atoms with van der Waals surface area (Å²) in [6, 6.07) is -1.88. The van der Waals surface area contributed by atoms with Crippen LogP contribution in [0.25, 0.3) is 10.4 Å². The number of ether oxygens (including phenoxy) is 2. The Labute approximate surface area is 157 Å². The smallest absolute Gasteiger partial charge is 0.330 e. The molecule has 1 unspecified atom stereocenters. The zero-order chi connectivity index (χ0) is 20.8. The standard InChI is InChI=1S/C15H20N6O7/c1-7-5-21(15(26)18-13(7)23)11-4-9(19-20-17)10(28-11)6-27-12(22)3-2-8(16)14(24)25/h5,8-11H,2-4,6,16H2,1H3,(H,24,25)(H,18,23,26)/t8?,9-,10+,11+/m0/s1. The number of aliphatic carboxylic acids is 1. The second-order valence-corrected chi connectivity index (χ2v) is 6.28. The van der Waals surface area contributed by atoms with Crippen LogP contribution in [0, 0.1) is 6.92 Å². The molecule has 1 aromatic heterocycles. The minimum absolute atomic E-state index is 0.0891. The summed E-state index contributed by atoms with van der Waals surface area (Å²) in [5.41, 5.74) is 13.1. The van der Waals surface area contributed by atoms with Gasteiger partial charge in [0.25, 0.3) is 5.56 Å². The van der Waals surface area contributed by atoms with Crippen LogP contribution in [-0.2, 0) is 19.1 Å². The van der Waals surface area contributed by atoms with Gasteiger partial charge in [0.15, 0.2) is 0 Å². The van der Waals surface area contributed by atoms with Crippen molar-refractivity contribution in [3.8, 4) is 0 Å². The number of aromatic nitrogens is 2. The van der Waals surface area contributed by atoms with Gasteiger partial charge in [0.05, 0.1) is 6.04 Å². The number of nitrogens with two attached hydrogens (primary N) is 1. The fourth-order valence-electron chi connectivity index (χ4n) is 2.67. The van der Waals surface area contributed by atoms with Crippen molar-refractivity contribution in [3.63, 3.8) is 0 Å². The van der Waals surface area contributed by atoms with Crippen LogP contribution >= 0.6 is 0 Å². The number of aromatic amines is 1. The number of carboxylic acids is 1. The molecule has 0 aromatic carbocycles. The Morgan fingerprint density at radius 2 is 2.29 bits per heavy atom. The zero-order valence-electron chi connectivity index (χ0n) is 15.0. The second-order valence-electron chi connectivity index (χ2n) is 6.28. The normalized spacial score (nSPS) is 22.3. The molecule has 4 N–H and O–H groups in total. The van der Waals surface area contributed by atoms with Crippen LogP contribution in [0.15, 0.2) is 20.9 Å². The lowest BCUT2D eigenvalue weighted by molar-refractivity contribution is -0.149. The Morgan fingerprint density at radius 1 is 1.57 bits per heavy atom. The number of carbonyl (C=O) groups excluding carboxylic acids is 1. The summed E-state index contributed by atoms with van der Waals surface area (Å²) in [6.07, 6.45) is -0.440. The molecule has 2 heterocycles. The molecule has 2 rings (SSSR count). The van der Waals surface area contributed by atoms with Crippen molar-refractivity contribution >= 4 is 11.9 Å². The highest BCUT2D eigenvalue weighted by atomic mass is 16.6. The molecule has 1 aromatic rings. The largest absolute Gasteiger partial charge is 0.480 e. The molecule has 0 radical (unpaired) electrons. The van der Waals surface area contributed by atoms with E-state index >= 15 is 0 Å². The van der Waals surface area contributed by atoms with Crippen molar-refractivity contribution in [1.82, 2.24) is 9.55 Å². The van der Waals surface area contributed by atoms with E-state index in [0.29, 0.717) is 5.56 Å². The summed E-state index contributed by atoms with van der Waals surface area (Å²) in [6.45, 7) is 1.27. The van der Waals surface area contributed by atoms with Gasteiger partial charge < -0.3 is 20.3 Å². The topological polar surface area (TPSA) is 202 Å². The maximum atomic E-state index is 12.0. The average Bonchev–Trinajstić information content (AvgIpc) is 3.03. The Bertz CT molecular complexity index is 903. The maximum Gasteiger partial charge on any atom is 0.330 e. The number of esters is 1. The molecule has 1 aliphatic rings. The summed E-state index contributed by atoms with van der Waals surface area (Å²) < 4.78 is 11.9. The van der Waals surface area contributed by atoms with E-state index in [9.17, 15) is 19.2 Å². The third kappa shape index (κ3) is 5.19. The number of azide groups is 1. The molecule has 0 bridgehead atoms. The van der Waals surface area contributed by atoms with Crippen molar-refractivity contribution in [3.05, 3.63) is 43.0 Å². The first-order valence-corrected chi connectivity index (χ1v) is 8.38. The monoisotopic (exact) mass is 396 g/mol. The molecule has 1 saturated heterocycles. The van der Waals surface area contributed by atoms with Crippen molar-refractivity contribution in [1.29, 1.82) is 0 Å². The van der Waals surface area contributed by atoms with Gasteiger partial charge in [-0.2, -0.15) is 0 Å². The quantitative estimate of drug-likeness (QED) is 0.226. The highest BCUT2D eigenvalue weighted by Crippen LogP contribution is 2.30. The summed E-state index contributed by atoms with van der Waals surface area (Å²) in [4.78, 5) is 50.8. The number of aryl methyl sites for hydroxylation is 1. The molecule has 152 valence electrons. The van der Waals surface area contributed by atoms with Gasteiger partial charge in [-0.05, 0) is 18.9 Å². The number of nitrogens with one attached hydrogen (secondary N) is 1. The Balaban J connectivity index is 2.02. The number of rotatable bonds is 8. The van der Waals surface area contributed by atoms with Crippen molar-refractivity contribution in [2.75, 3.05) is 6.61 Å². The van der Waals surface area contributed by atoms with Gasteiger partial charge >= 0.3 is 17.6 Å². The van der Waals surface area contributed by atoms with Gasteiger partial charge in [0.1, 0.15) is 25.0 Å². The molecule has 1 fully saturated rings. The van der Waals surface area contributed by atoms with E-state index in [-0.39, 0.29) is 25.9 Å². The van der Waals surface area contributed by atoms with Gasteiger partial charge in [0.2, 0.25) is 0 Å². The maximum absolute atomic E-state index is 12.0. The van der Waals surface area contributed by atoms with E-state index in [1.807, 2.05) is 0 Å². The molecule has 13 heteroatoms. The lowest BCUT2D eigenvalue weighted by atomic mass is 10.1. The van der Waals surface area contributed by atoms with Gasteiger partial charge in [0, 0.05) is 29.5 Å². The highest BCUT2D eigenvalue weighted by molar-refractivity contribution is 5.75. The number of hydrogen-bond acceptors (Lipinski definition) is 8. The van der Waals surface area contributed by atoms with Gasteiger partial charge in [-0.3, -0.25) is 23.9 Å². The molecular weight excluding hydrogens is 376 g/mol. The van der Waals surface area contributed by atoms with E-state index in [0.717, 1.165) is 0 Å². The first-order valence-electron chi connectivity index (χ1n) is 8.38. The van der Waals surface area contributed by atoms with Crippen LogP contribution < -0.4 is 17.0 Å². The molecule has 0 amide bonds. The van der Waals surface area contributed by atoms with Crippen LogP contribution in [-0.4, -0.2) is 51.4 Å². The van der Waals surface area contributed by atoms with Crippen LogP contribution in [0.1, 0.15) is 31.1 Å². The lowest BCUT2D eigenvalue weighted by Gasteiger charge is -2.17. The minimum Gasteiger partial charge on any atom is -0.480 e. The SMILES string of the molecule is Cc1cn([C@H]2C[C@H](N=[N+]=[N-])[C@@H](COC(=O)CCC(N)C(=O)O)O2)c(=O)[nH]c1=O. The molecule has 0 aliphatic carbocycles. The summed E-state index contributed by atoms with van der Waals surface area (Å²) in [5, 5.41) is 12.3. The predicted octanol–water partition coefficient (Wildman–Crippen LogP) is -0.453. The Morgan fingerprint density at radius 3 is 2.93 bits per heavy atom. The number of H-pyrrole nitrogens is 1. The molecule has 0 saturated carbocycles. The Kier molecular flexibility index (Phi) is 6.93. The van der Waals surface area contributed by atoms with Gasteiger partial charge in [-0.25, -0.2) is 4.79 Å². The lowest BCUT2D eigenvalue weighted by Crippen LogP contribution is -2.33. The second kappa shape index (κ2) is 9.17.